The normalized spacial score (nSPS) is 20.1. The SMILES string of the molecule is COc1nc(N2CCO[C@H](CO)C2)cc(-n2ncc3cc(C)c(C4CCNCC4)cc32)n1. The number of aliphatic hydroxyl groups excluding tert-OH is 1. The molecule has 2 fully saturated rings. The Kier molecular flexibility index (Phi) is 5.95. The van der Waals surface area contributed by atoms with Gasteiger partial charge in [0, 0.05) is 24.5 Å². The van der Waals surface area contributed by atoms with Crippen LogP contribution in [0.5, 0.6) is 6.01 Å². The number of ether oxygens (including phenoxy) is 2. The number of morpholine rings is 1. The van der Waals surface area contributed by atoms with Crippen LogP contribution in [0, 0.1) is 6.92 Å². The number of hydrogen-bond acceptors (Lipinski definition) is 8. The molecular formula is C23H30N6O3. The molecule has 0 aliphatic carbocycles. The number of aliphatic hydroxyl groups is 1. The van der Waals surface area contributed by atoms with Gasteiger partial charge in [-0.2, -0.15) is 15.1 Å². The number of rotatable bonds is 5. The minimum Gasteiger partial charge on any atom is -0.467 e. The lowest BCUT2D eigenvalue weighted by Gasteiger charge is -2.33. The zero-order valence-electron chi connectivity index (χ0n) is 18.6. The molecule has 0 saturated carbocycles. The number of hydrogen-bond donors (Lipinski definition) is 2. The predicted octanol–water partition coefficient (Wildman–Crippen LogP) is 1.80. The average molecular weight is 439 g/mol. The molecule has 0 radical (unpaired) electrons. The van der Waals surface area contributed by atoms with Crippen molar-refractivity contribution in [3.05, 3.63) is 35.5 Å². The van der Waals surface area contributed by atoms with E-state index in [4.69, 9.17) is 9.47 Å². The fraction of sp³-hybridized carbons (Fsp3) is 0.522. The van der Waals surface area contributed by atoms with E-state index in [-0.39, 0.29) is 12.7 Å². The molecule has 2 aliphatic heterocycles. The van der Waals surface area contributed by atoms with Crippen LogP contribution in [-0.4, -0.2) is 77.5 Å². The highest BCUT2D eigenvalue weighted by molar-refractivity contribution is 5.82. The molecule has 5 rings (SSSR count). The molecule has 2 saturated heterocycles. The van der Waals surface area contributed by atoms with Crippen molar-refractivity contribution in [2.24, 2.45) is 0 Å². The van der Waals surface area contributed by atoms with Gasteiger partial charge in [0.05, 0.1) is 38.1 Å². The number of methoxy groups -OCH3 is 1. The van der Waals surface area contributed by atoms with E-state index in [1.165, 1.54) is 11.1 Å². The second kappa shape index (κ2) is 9.01. The highest BCUT2D eigenvalue weighted by atomic mass is 16.5. The van der Waals surface area contributed by atoms with Gasteiger partial charge in [0.1, 0.15) is 5.82 Å². The predicted molar refractivity (Wildman–Crippen MR) is 122 cm³/mol. The first-order valence-corrected chi connectivity index (χ1v) is 11.3. The average Bonchev–Trinajstić information content (AvgIpc) is 3.26. The summed E-state index contributed by atoms with van der Waals surface area (Å²) in [4.78, 5) is 11.2. The van der Waals surface area contributed by atoms with Crippen molar-refractivity contribution in [2.45, 2.75) is 31.8 Å². The van der Waals surface area contributed by atoms with E-state index in [0.717, 1.165) is 42.7 Å². The summed E-state index contributed by atoms with van der Waals surface area (Å²) < 4.78 is 12.9. The van der Waals surface area contributed by atoms with E-state index in [9.17, 15) is 5.11 Å². The summed E-state index contributed by atoms with van der Waals surface area (Å²) >= 11 is 0. The van der Waals surface area contributed by atoms with E-state index in [0.29, 0.717) is 37.4 Å². The van der Waals surface area contributed by atoms with Crippen molar-refractivity contribution in [3.8, 4) is 11.8 Å². The van der Waals surface area contributed by atoms with Gasteiger partial charge < -0.3 is 24.8 Å². The highest BCUT2D eigenvalue weighted by Crippen LogP contribution is 2.32. The van der Waals surface area contributed by atoms with E-state index < -0.39 is 0 Å². The fourth-order valence-electron chi connectivity index (χ4n) is 4.76. The molecule has 1 atom stereocenters. The van der Waals surface area contributed by atoms with Crippen LogP contribution >= 0.6 is 0 Å². The van der Waals surface area contributed by atoms with Crippen LogP contribution in [0.1, 0.15) is 29.9 Å². The molecule has 3 aromatic rings. The third-order valence-electron chi connectivity index (χ3n) is 6.48. The van der Waals surface area contributed by atoms with Gasteiger partial charge in [0.25, 0.3) is 0 Å². The molecule has 2 N–H and O–H groups in total. The Morgan fingerprint density at radius 1 is 1.19 bits per heavy atom. The lowest BCUT2D eigenvalue weighted by molar-refractivity contribution is 0.00333. The molecule has 2 aliphatic rings. The summed E-state index contributed by atoms with van der Waals surface area (Å²) in [6.07, 6.45) is 3.96. The van der Waals surface area contributed by atoms with Crippen molar-refractivity contribution < 1.29 is 14.6 Å². The number of aryl methyl sites for hydroxylation is 1. The maximum absolute atomic E-state index is 9.51. The molecule has 0 amide bonds. The monoisotopic (exact) mass is 438 g/mol. The van der Waals surface area contributed by atoms with Crippen LogP contribution in [0.15, 0.2) is 24.4 Å². The number of anilines is 1. The topological polar surface area (TPSA) is 97.6 Å². The third-order valence-corrected chi connectivity index (χ3v) is 6.48. The summed E-state index contributed by atoms with van der Waals surface area (Å²) in [5, 5.41) is 18.7. The first-order chi connectivity index (χ1) is 15.7. The highest BCUT2D eigenvalue weighted by Gasteiger charge is 2.23. The van der Waals surface area contributed by atoms with E-state index >= 15 is 0 Å². The second-order valence-electron chi connectivity index (χ2n) is 8.54. The van der Waals surface area contributed by atoms with Crippen molar-refractivity contribution in [3.63, 3.8) is 0 Å². The molecule has 9 nitrogen and oxygen atoms in total. The third kappa shape index (κ3) is 4.03. The van der Waals surface area contributed by atoms with Crippen LogP contribution in [0.2, 0.25) is 0 Å². The van der Waals surface area contributed by atoms with E-state index in [2.05, 4.69) is 44.3 Å². The second-order valence-corrected chi connectivity index (χ2v) is 8.54. The largest absolute Gasteiger partial charge is 0.467 e. The van der Waals surface area contributed by atoms with Gasteiger partial charge in [0.15, 0.2) is 5.82 Å². The lowest BCUT2D eigenvalue weighted by atomic mass is 9.87. The molecule has 0 spiro atoms. The Morgan fingerprint density at radius 3 is 2.78 bits per heavy atom. The van der Waals surface area contributed by atoms with Gasteiger partial charge in [0.2, 0.25) is 0 Å². The summed E-state index contributed by atoms with van der Waals surface area (Å²) in [6, 6.07) is 6.72. The van der Waals surface area contributed by atoms with E-state index in [1.54, 1.807) is 7.11 Å². The molecule has 170 valence electrons. The maximum atomic E-state index is 9.51. The van der Waals surface area contributed by atoms with Gasteiger partial charge in [-0.1, -0.05) is 0 Å². The number of aromatic nitrogens is 4. The van der Waals surface area contributed by atoms with Gasteiger partial charge in [-0.25, -0.2) is 4.68 Å². The van der Waals surface area contributed by atoms with Crippen LogP contribution in [0.4, 0.5) is 5.82 Å². The minimum absolute atomic E-state index is 0.0197. The van der Waals surface area contributed by atoms with Crippen molar-refractivity contribution in [1.29, 1.82) is 0 Å². The van der Waals surface area contributed by atoms with Crippen LogP contribution in [0.3, 0.4) is 0 Å². The van der Waals surface area contributed by atoms with Crippen LogP contribution in [0.25, 0.3) is 16.7 Å². The molecule has 0 unspecified atom stereocenters. The summed E-state index contributed by atoms with van der Waals surface area (Å²) in [5.41, 5.74) is 3.74. The molecule has 0 bridgehead atoms. The van der Waals surface area contributed by atoms with Gasteiger partial charge in [-0.3, -0.25) is 0 Å². The summed E-state index contributed by atoms with van der Waals surface area (Å²) in [5.74, 6) is 1.96. The first-order valence-electron chi connectivity index (χ1n) is 11.3. The molecule has 9 heteroatoms. The number of fused-ring (bicyclic) bond motifs is 1. The molecule has 32 heavy (non-hydrogen) atoms. The zero-order valence-corrected chi connectivity index (χ0v) is 18.6. The Bertz CT molecular complexity index is 1090. The van der Waals surface area contributed by atoms with Crippen molar-refractivity contribution >= 4 is 16.7 Å². The summed E-state index contributed by atoms with van der Waals surface area (Å²) in [6.45, 7) is 6.08. The Hall–Kier alpha value is -2.75. The lowest BCUT2D eigenvalue weighted by Crippen LogP contribution is -2.44. The molecule has 4 heterocycles. The molecule has 1 aromatic carbocycles. The van der Waals surface area contributed by atoms with Crippen molar-refractivity contribution in [1.82, 2.24) is 25.1 Å². The van der Waals surface area contributed by atoms with E-state index in [1.807, 2.05) is 16.9 Å². The van der Waals surface area contributed by atoms with Crippen LogP contribution < -0.4 is 15.0 Å². The quantitative estimate of drug-likeness (QED) is 0.622. The first kappa shape index (κ1) is 21.1. The minimum atomic E-state index is -0.228. The zero-order chi connectivity index (χ0) is 22.1. The van der Waals surface area contributed by atoms with Gasteiger partial charge in [-0.15, -0.1) is 0 Å². The number of nitrogens with zero attached hydrogens (tertiary/aromatic N) is 5. The van der Waals surface area contributed by atoms with Crippen LogP contribution in [-0.2, 0) is 4.74 Å². The van der Waals surface area contributed by atoms with Gasteiger partial charge >= 0.3 is 6.01 Å². The number of piperidine rings is 1. The standard InChI is InChI=1S/C23H30N6O3/c1-15-9-17-12-25-29(20(17)10-19(15)16-3-5-24-6-4-16)22-11-21(26-23(27-22)31-2)28-7-8-32-18(13-28)14-30/h9-12,16,18,24,30H,3-8,13-14H2,1-2H3/t18-/m0/s1. The fourth-order valence-corrected chi connectivity index (χ4v) is 4.76. The Labute approximate surface area is 187 Å². The summed E-state index contributed by atoms with van der Waals surface area (Å²) in [7, 11) is 1.57. The van der Waals surface area contributed by atoms with Gasteiger partial charge in [-0.05, 0) is 62.0 Å². The number of benzene rings is 1. The number of nitrogens with one attached hydrogen (secondary N) is 1. The maximum Gasteiger partial charge on any atom is 0.320 e. The smallest absolute Gasteiger partial charge is 0.320 e. The molecular weight excluding hydrogens is 408 g/mol. The molecule has 2 aromatic heterocycles. The Balaban J connectivity index is 1.55. The Morgan fingerprint density at radius 2 is 2.00 bits per heavy atom. The van der Waals surface area contributed by atoms with Crippen molar-refractivity contribution in [2.75, 3.05) is 51.4 Å².